The van der Waals surface area contributed by atoms with Gasteiger partial charge in [-0.15, -0.1) is 0 Å². The van der Waals surface area contributed by atoms with Crippen molar-refractivity contribution in [2.45, 2.75) is 26.0 Å². The molecule has 0 amide bonds. The molecule has 0 aliphatic carbocycles. The first-order valence-electron chi connectivity index (χ1n) is 8.15. The summed E-state index contributed by atoms with van der Waals surface area (Å²) in [5.74, 6) is 0.421. The molecular weight excluding hydrogens is 270 g/mol. The lowest BCUT2D eigenvalue weighted by atomic mass is 9.71. The van der Waals surface area contributed by atoms with Crippen molar-refractivity contribution in [3.8, 4) is 0 Å². The Kier molecular flexibility index (Phi) is 4.32. The maximum Gasteiger partial charge on any atom is 0.0971 e. The molecule has 22 heavy (non-hydrogen) atoms. The monoisotopic (exact) mass is 295 g/mol. The van der Waals surface area contributed by atoms with Crippen LogP contribution in [0.5, 0.6) is 0 Å². The lowest BCUT2D eigenvalue weighted by Gasteiger charge is -2.48. The van der Waals surface area contributed by atoms with Gasteiger partial charge in [-0.3, -0.25) is 4.90 Å². The molecule has 2 aromatic rings. The van der Waals surface area contributed by atoms with Gasteiger partial charge in [-0.2, -0.15) is 0 Å². The van der Waals surface area contributed by atoms with Crippen LogP contribution in [0.4, 0.5) is 0 Å². The van der Waals surface area contributed by atoms with Crippen LogP contribution in [-0.4, -0.2) is 23.1 Å². The van der Waals surface area contributed by atoms with E-state index in [0.717, 1.165) is 25.2 Å². The fourth-order valence-corrected chi connectivity index (χ4v) is 3.86. The molecule has 3 rings (SSSR count). The highest BCUT2D eigenvalue weighted by Gasteiger charge is 2.45. The Morgan fingerprint density at radius 1 is 0.909 bits per heavy atom. The number of rotatable bonds is 3. The van der Waals surface area contributed by atoms with Crippen LogP contribution in [0, 0.1) is 11.8 Å². The third kappa shape index (κ3) is 2.81. The smallest absolute Gasteiger partial charge is 0.0971 e. The molecule has 1 unspecified atom stereocenters. The van der Waals surface area contributed by atoms with Gasteiger partial charge in [0.05, 0.1) is 5.60 Å². The molecule has 1 N–H and O–H groups in total. The van der Waals surface area contributed by atoms with Crippen molar-refractivity contribution in [3.05, 3.63) is 71.8 Å². The minimum atomic E-state index is -0.728. The number of benzene rings is 2. The highest BCUT2D eigenvalue weighted by atomic mass is 16.3. The minimum Gasteiger partial charge on any atom is -0.385 e. The van der Waals surface area contributed by atoms with E-state index in [9.17, 15) is 5.11 Å². The third-order valence-electron chi connectivity index (χ3n) is 5.05. The normalized spacial score (nSPS) is 29.4. The van der Waals surface area contributed by atoms with E-state index in [4.69, 9.17) is 0 Å². The molecular formula is C20H25NO. The average molecular weight is 295 g/mol. The van der Waals surface area contributed by atoms with Crippen molar-refractivity contribution in [2.24, 2.45) is 11.8 Å². The van der Waals surface area contributed by atoms with Gasteiger partial charge in [0.1, 0.15) is 0 Å². The summed E-state index contributed by atoms with van der Waals surface area (Å²) >= 11 is 0. The van der Waals surface area contributed by atoms with E-state index in [1.165, 1.54) is 5.56 Å². The summed E-state index contributed by atoms with van der Waals surface area (Å²) in [5.41, 5.74) is 1.66. The van der Waals surface area contributed by atoms with Crippen molar-refractivity contribution in [1.82, 2.24) is 4.90 Å². The molecule has 116 valence electrons. The first-order valence-corrected chi connectivity index (χ1v) is 8.15. The van der Waals surface area contributed by atoms with Gasteiger partial charge in [0.15, 0.2) is 0 Å². The van der Waals surface area contributed by atoms with Gasteiger partial charge >= 0.3 is 0 Å². The maximum atomic E-state index is 11.3. The van der Waals surface area contributed by atoms with E-state index in [1.807, 2.05) is 18.2 Å². The van der Waals surface area contributed by atoms with Crippen LogP contribution in [0.2, 0.25) is 0 Å². The number of hydrogen-bond donors (Lipinski definition) is 1. The zero-order chi connectivity index (χ0) is 15.6. The van der Waals surface area contributed by atoms with Crippen LogP contribution >= 0.6 is 0 Å². The maximum absolute atomic E-state index is 11.3. The minimum absolute atomic E-state index is 0.211. The molecule has 3 atom stereocenters. The quantitative estimate of drug-likeness (QED) is 0.934. The van der Waals surface area contributed by atoms with E-state index in [1.54, 1.807) is 0 Å². The number of piperidine rings is 1. The lowest BCUT2D eigenvalue weighted by molar-refractivity contribution is -0.114. The summed E-state index contributed by atoms with van der Waals surface area (Å²) in [6.07, 6.45) is 0. The fourth-order valence-electron chi connectivity index (χ4n) is 3.86. The molecule has 0 spiro atoms. The number of nitrogens with zero attached hydrogens (tertiary/aromatic N) is 1. The third-order valence-corrected chi connectivity index (χ3v) is 5.05. The highest BCUT2D eigenvalue weighted by Crippen LogP contribution is 2.41. The van der Waals surface area contributed by atoms with E-state index < -0.39 is 5.60 Å². The van der Waals surface area contributed by atoms with Crippen molar-refractivity contribution in [1.29, 1.82) is 0 Å². The summed E-state index contributed by atoms with van der Waals surface area (Å²) in [4.78, 5) is 2.46. The van der Waals surface area contributed by atoms with Gasteiger partial charge in [-0.25, -0.2) is 0 Å². The standard InChI is InChI=1S/C20H25NO/c1-16-13-21(15-18-9-5-3-6-10-18)14-17(2)20(16,22)19-11-7-4-8-12-19/h3-12,16-17,22H,13-15H2,1-2H3/t16-,17+,20?. The topological polar surface area (TPSA) is 23.5 Å². The zero-order valence-electron chi connectivity index (χ0n) is 13.4. The SMILES string of the molecule is C[C@@H]1CN(Cc2ccccc2)C[C@H](C)C1(O)c1ccccc1. The second-order valence-electron chi connectivity index (χ2n) is 6.67. The second kappa shape index (κ2) is 6.23. The van der Waals surface area contributed by atoms with Gasteiger partial charge < -0.3 is 5.11 Å². The Labute approximate surface area is 133 Å². The molecule has 1 fully saturated rings. The van der Waals surface area contributed by atoms with Crippen LogP contribution in [0.3, 0.4) is 0 Å². The molecule has 1 saturated heterocycles. The van der Waals surface area contributed by atoms with Crippen molar-refractivity contribution in [3.63, 3.8) is 0 Å². The Balaban J connectivity index is 1.77. The molecule has 0 bridgehead atoms. The van der Waals surface area contributed by atoms with Crippen molar-refractivity contribution in [2.75, 3.05) is 13.1 Å². The first-order chi connectivity index (χ1) is 10.6. The Morgan fingerprint density at radius 2 is 1.41 bits per heavy atom. The number of hydrogen-bond acceptors (Lipinski definition) is 2. The summed E-state index contributed by atoms with van der Waals surface area (Å²) in [7, 11) is 0. The van der Waals surface area contributed by atoms with Crippen LogP contribution in [0.15, 0.2) is 60.7 Å². The van der Waals surface area contributed by atoms with Crippen LogP contribution in [0.1, 0.15) is 25.0 Å². The predicted molar refractivity (Wildman–Crippen MR) is 90.4 cm³/mol. The summed E-state index contributed by atoms with van der Waals surface area (Å²) in [5, 5.41) is 11.3. The summed E-state index contributed by atoms with van der Waals surface area (Å²) in [6.45, 7) is 7.14. The number of aliphatic hydroxyl groups is 1. The zero-order valence-corrected chi connectivity index (χ0v) is 13.4. The van der Waals surface area contributed by atoms with E-state index >= 15 is 0 Å². The second-order valence-corrected chi connectivity index (χ2v) is 6.67. The largest absolute Gasteiger partial charge is 0.385 e. The van der Waals surface area contributed by atoms with Gasteiger partial charge in [0.2, 0.25) is 0 Å². The molecule has 0 radical (unpaired) electrons. The average Bonchev–Trinajstić information content (AvgIpc) is 2.54. The Hall–Kier alpha value is -1.64. The molecule has 1 aliphatic rings. The van der Waals surface area contributed by atoms with Crippen molar-refractivity contribution < 1.29 is 5.11 Å². The molecule has 2 nitrogen and oxygen atoms in total. The Morgan fingerprint density at radius 3 is 1.95 bits per heavy atom. The molecule has 2 aromatic carbocycles. The predicted octanol–water partition coefficient (Wildman–Crippen LogP) is 3.66. The Bertz CT molecular complexity index is 584. The molecule has 1 aliphatic heterocycles. The van der Waals surface area contributed by atoms with Gasteiger partial charge in [0.25, 0.3) is 0 Å². The summed E-state index contributed by atoms with van der Waals surface area (Å²) in [6, 6.07) is 20.7. The van der Waals surface area contributed by atoms with Crippen LogP contribution < -0.4 is 0 Å². The fraction of sp³-hybridized carbons (Fsp3) is 0.400. The highest BCUT2D eigenvalue weighted by molar-refractivity contribution is 5.25. The van der Waals surface area contributed by atoms with Gasteiger partial charge in [-0.1, -0.05) is 74.5 Å². The number of likely N-dealkylation sites (tertiary alicyclic amines) is 1. The van der Waals surface area contributed by atoms with Crippen molar-refractivity contribution >= 4 is 0 Å². The van der Waals surface area contributed by atoms with E-state index in [-0.39, 0.29) is 11.8 Å². The van der Waals surface area contributed by atoms with Gasteiger partial charge in [-0.05, 0) is 11.1 Å². The first kappa shape index (κ1) is 15.3. The van der Waals surface area contributed by atoms with E-state index in [2.05, 4.69) is 61.2 Å². The molecule has 1 heterocycles. The summed E-state index contributed by atoms with van der Waals surface area (Å²) < 4.78 is 0. The van der Waals surface area contributed by atoms with Crippen LogP contribution in [-0.2, 0) is 12.1 Å². The van der Waals surface area contributed by atoms with Crippen LogP contribution in [0.25, 0.3) is 0 Å². The molecule has 0 aromatic heterocycles. The molecule has 0 saturated carbocycles. The molecule has 2 heteroatoms. The lowest BCUT2D eigenvalue weighted by Crippen LogP contribution is -2.54. The van der Waals surface area contributed by atoms with Gasteiger partial charge in [0, 0.05) is 31.5 Å². The van der Waals surface area contributed by atoms with E-state index in [0.29, 0.717) is 0 Å².